The number of Topliss-reactive ketones (excluding diaryl/α,β-unsaturated/α-hetero) is 2. The molecule has 0 radical (unpaired) electrons. The van der Waals surface area contributed by atoms with Gasteiger partial charge < -0.3 is 0 Å². The predicted molar refractivity (Wildman–Crippen MR) is 71.9 cm³/mol. The maximum Gasteiger partial charge on any atom is 0.148 e. The van der Waals surface area contributed by atoms with Gasteiger partial charge in [0.2, 0.25) is 0 Å². The van der Waals surface area contributed by atoms with Crippen LogP contribution in [0.1, 0.15) is 61.3 Å². The van der Waals surface area contributed by atoms with E-state index in [1.54, 1.807) is 0 Å². The Bertz CT molecular complexity index is 271. The topological polar surface area (TPSA) is 34.1 Å². The Labute approximate surface area is 106 Å². The van der Waals surface area contributed by atoms with E-state index in [-0.39, 0.29) is 23.4 Å². The van der Waals surface area contributed by atoms with Gasteiger partial charge in [-0.3, -0.25) is 9.59 Å². The summed E-state index contributed by atoms with van der Waals surface area (Å²) in [4.78, 5) is 24.7. The fourth-order valence-electron chi connectivity index (χ4n) is 2.11. The molecule has 17 heavy (non-hydrogen) atoms. The highest BCUT2D eigenvalue weighted by Crippen LogP contribution is 2.28. The lowest BCUT2D eigenvalue weighted by atomic mass is 9.73. The second kappa shape index (κ2) is 6.32. The lowest BCUT2D eigenvalue weighted by Gasteiger charge is -2.28. The van der Waals surface area contributed by atoms with Crippen molar-refractivity contribution in [1.82, 2.24) is 0 Å². The molecule has 0 aromatic carbocycles. The fourth-order valence-corrected chi connectivity index (χ4v) is 2.11. The summed E-state index contributed by atoms with van der Waals surface area (Å²) in [6.45, 7) is 13.6. The first-order valence-corrected chi connectivity index (χ1v) is 6.71. The van der Waals surface area contributed by atoms with E-state index in [0.29, 0.717) is 0 Å². The molecule has 0 saturated heterocycles. The summed E-state index contributed by atoms with van der Waals surface area (Å²) in [5, 5.41) is 0. The van der Waals surface area contributed by atoms with Gasteiger partial charge in [0.1, 0.15) is 11.6 Å². The van der Waals surface area contributed by atoms with Crippen molar-refractivity contribution in [3.05, 3.63) is 0 Å². The predicted octanol–water partition coefficient (Wildman–Crippen LogP) is 3.88. The average Bonchev–Trinajstić information content (AvgIpc) is 2.16. The lowest BCUT2D eigenvalue weighted by molar-refractivity contribution is -0.141. The molecule has 0 aliphatic rings. The van der Waals surface area contributed by atoms with Crippen LogP contribution in [0.15, 0.2) is 0 Å². The molecule has 0 aromatic heterocycles. The standard InChI is InChI=1S/C15H28O2/c1-8-9-11(4)13(16)12(10(2)3)14(17)15(5,6)7/h10-12H,8-9H2,1-7H3. The molecule has 0 bridgehead atoms. The highest BCUT2D eigenvalue weighted by atomic mass is 16.2. The molecule has 0 saturated carbocycles. The Hall–Kier alpha value is -0.660. The number of carbonyl (C=O) groups is 2. The summed E-state index contributed by atoms with van der Waals surface area (Å²) >= 11 is 0. The normalized spacial score (nSPS) is 15.8. The minimum Gasteiger partial charge on any atom is -0.299 e. The Balaban J connectivity index is 5.00. The van der Waals surface area contributed by atoms with Gasteiger partial charge in [-0.05, 0) is 12.3 Å². The van der Waals surface area contributed by atoms with Crippen molar-refractivity contribution < 1.29 is 9.59 Å². The molecule has 0 aliphatic heterocycles. The van der Waals surface area contributed by atoms with Crippen molar-refractivity contribution in [2.45, 2.75) is 61.3 Å². The molecule has 0 heterocycles. The van der Waals surface area contributed by atoms with E-state index < -0.39 is 11.3 Å². The molecule has 2 nitrogen and oxygen atoms in total. The highest BCUT2D eigenvalue weighted by Gasteiger charge is 2.37. The first kappa shape index (κ1) is 16.3. The molecular formula is C15H28O2. The van der Waals surface area contributed by atoms with Crippen LogP contribution in [0, 0.1) is 23.2 Å². The van der Waals surface area contributed by atoms with Gasteiger partial charge in [-0.25, -0.2) is 0 Å². The van der Waals surface area contributed by atoms with Crippen molar-refractivity contribution in [1.29, 1.82) is 0 Å². The van der Waals surface area contributed by atoms with Gasteiger partial charge in [-0.1, -0.05) is 54.9 Å². The van der Waals surface area contributed by atoms with Gasteiger partial charge >= 0.3 is 0 Å². The summed E-state index contributed by atoms with van der Waals surface area (Å²) in [7, 11) is 0. The molecule has 2 heteroatoms. The molecule has 0 amide bonds. The van der Waals surface area contributed by atoms with Crippen LogP contribution in [-0.4, -0.2) is 11.6 Å². The first-order chi connectivity index (χ1) is 7.62. The van der Waals surface area contributed by atoms with Gasteiger partial charge in [-0.15, -0.1) is 0 Å². The van der Waals surface area contributed by atoms with Crippen molar-refractivity contribution >= 4 is 11.6 Å². The minimum atomic E-state index is -0.434. The third kappa shape index (κ3) is 4.61. The molecular weight excluding hydrogens is 212 g/mol. The van der Waals surface area contributed by atoms with Gasteiger partial charge in [0.05, 0.1) is 5.92 Å². The summed E-state index contributed by atoms with van der Waals surface area (Å²) in [5.41, 5.74) is -0.434. The summed E-state index contributed by atoms with van der Waals surface area (Å²) in [5.74, 6) is -0.133. The lowest BCUT2D eigenvalue weighted by Crippen LogP contribution is -2.39. The fraction of sp³-hybridized carbons (Fsp3) is 0.867. The molecule has 0 fully saturated rings. The van der Waals surface area contributed by atoms with E-state index in [0.717, 1.165) is 12.8 Å². The number of rotatable bonds is 6. The van der Waals surface area contributed by atoms with Gasteiger partial charge in [0.15, 0.2) is 0 Å². The number of ketones is 2. The average molecular weight is 240 g/mol. The summed E-state index contributed by atoms with van der Waals surface area (Å²) in [6, 6.07) is 0. The zero-order valence-corrected chi connectivity index (χ0v) is 12.5. The van der Waals surface area contributed by atoms with Crippen LogP contribution in [0.3, 0.4) is 0 Å². The monoisotopic (exact) mass is 240 g/mol. The highest BCUT2D eigenvalue weighted by molar-refractivity contribution is 6.05. The van der Waals surface area contributed by atoms with Crippen LogP contribution in [0.2, 0.25) is 0 Å². The van der Waals surface area contributed by atoms with Crippen molar-refractivity contribution in [2.75, 3.05) is 0 Å². The minimum absolute atomic E-state index is 0.00120. The maximum absolute atomic E-state index is 12.3. The van der Waals surface area contributed by atoms with Crippen LogP contribution in [0.25, 0.3) is 0 Å². The van der Waals surface area contributed by atoms with E-state index in [9.17, 15) is 9.59 Å². The smallest absolute Gasteiger partial charge is 0.148 e. The van der Waals surface area contributed by atoms with Crippen LogP contribution < -0.4 is 0 Å². The summed E-state index contributed by atoms with van der Waals surface area (Å²) < 4.78 is 0. The van der Waals surface area contributed by atoms with Crippen molar-refractivity contribution in [2.24, 2.45) is 23.2 Å². The SMILES string of the molecule is CCCC(C)C(=O)C(C(=O)C(C)(C)C)C(C)C. The first-order valence-electron chi connectivity index (χ1n) is 6.71. The second-order valence-electron chi connectivity index (χ2n) is 6.43. The van der Waals surface area contributed by atoms with E-state index in [1.807, 2.05) is 41.5 Å². The molecule has 0 aliphatic carbocycles. The molecule has 0 N–H and O–H groups in total. The quantitative estimate of drug-likeness (QED) is 0.660. The zero-order valence-electron chi connectivity index (χ0n) is 12.5. The van der Waals surface area contributed by atoms with E-state index in [1.165, 1.54) is 0 Å². The number of carbonyl (C=O) groups excluding carboxylic acids is 2. The molecule has 0 rings (SSSR count). The molecule has 100 valence electrons. The number of hydrogen-bond donors (Lipinski definition) is 0. The largest absolute Gasteiger partial charge is 0.299 e. The van der Waals surface area contributed by atoms with Crippen LogP contribution in [0.4, 0.5) is 0 Å². The summed E-state index contributed by atoms with van der Waals surface area (Å²) in [6.07, 6.45) is 1.86. The van der Waals surface area contributed by atoms with Crippen LogP contribution in [0.5, 0.6) is 0 Å². The van der Waals surface area contributed by atoms with E-state index >= 15 is 0 Å². The Morgan fingerprint density at radius 3 is 1.82 bits per heavy atom. The number of hydrogen-bond acceptors (Lipinski definition) is 2. The van der Waals surface area contributed by atoms with Crippen molar-refractivity contribution in [3.63, 3.8) is 0 Å². The maximum atomic E-state index is 12.3. The van der Waals surface area contributed by atoms with Gasteiger partial charge in [0, 0.05) is 11.3 Å². The Kier molecular flexibility index (Phi) is 6.08. The molecule has 0 aromatic rings. The second-order valence-corrected chi connectivity index (χ2v) is 6.43. The van der Waals surface area contributed by atoms with E-state index in [2.05, 4.69) is 6.92 Å². The van der Waals surface area contributed by atoms with Gasteiger partial charge in [-0.2, -0.15) is 0 Å². The van der Waals surface area contributed by atoms with Crippen LogP contribution >= 0.6 is 0 Å². The molecule has 2 unspecified atom stereocenters. The zero-order chi connectivity index (χ0) is 13.8. The van der Waals surface area contributed by atoms with Crippen molar-refractivity contribution in [3.8, 4) is 0 Å². The molecule has 0 spiro atoms. The van der Waals surface area contributed by atoms with E-state index in [4.69, 9.17) is 0 Å². The van der Waals surface area contributed by atoms with Crippen LogP contribution in [-0.2, 0) is 9.59 Å². The Morgan fingerprint density at radius 1 is 1.06 bits per heavy atom. The molecule has 2 atom stereocenters. The van der Waals surface area contributed by atoms with Gasteiger partial charge in [0.25, 0.3) is 0 Å². The third-order valence-electron chi connectivity index (χ3n) is 3.20. The third-order valence-corrected chi connectivity index (χ3v) is 3.20. The Morgan fingerprint density at radius 2 is 1.53 bits per heavy atom.